The first kappa shape index (κ1) is 32.1. The van der Waals surface area contributed by atoms with E-state index in [0.29, 0.717) is 22.4 Å². The Hall–Kier alpha value is -4.14. The minimum absolute atomic E-state index is 0.124. The van der Waals surface area contributed by atoms with Gasteiger partial charge in [0, 0.05) is 47.2 Å². The van der Waals surface area contributed by atoms with Gasteiger partial charge < -0.3 is 4.40 Å². The van der Waals surface area contributed by atoms with Crippen molar-refractivity contribution in [1.29, 1.82) is 0 Å². The number of carbonyl (C=O) groups excluding carboxylic acids is 2. The molecular formula is C42H31NO2S4. The molecule has 7 heteroatoms. The second-order valence-corrected chi connectivity index (χ2v) is 15.3. The van der Waals surface area contributed by atoms with E-state index in [0.717, 1.165) is 64.5 Å². The largest absolute Gasteiger partial charge is 0.304 e. The predicted molar refractivity (Wildman–Crippen MR) is 212 cm³/mol. The fourth-order valence-corrected chi connectivity index (χ4v) is 8.71. The average molecular weight is 710 g/mol. The lowest BCUT2D eigenvalue weighted by Crippen LogP contribution is -2.22. The molecule has 2 heterocycles. The first-order valence-electron chi connectivity index (χ1n) is 15.8. The predicted octanol–water partition coefficient (Wildman–Crippen LogP) is 11.8. The van der Waals surface area contributed by atoms with Crippen molar-refractivity contribution < 1.29 is 9.59 Å². The molecular weight excluding hydrogens is 679 g/mol. The van der Waals surface area contributed by atoms with E-state index in [4.69, 9.17) is 0 Å². The number of ketones is 2. The Morgan fingerprint density at radius 3 is 1.43 bits per heavy atom. The van der Waals surface area contributed by atoms with Gasteiger partial charge >= 0.3 is 0 Å². The summed E-state index contributed by atoms with van der Waals surface area (Å²) < 4.78 is 2.12. The maximum atomic E-state index is 14.9. The number of benzene rings is 5. The zero-order valence-corrected chi connectivity index (χ0v) is 30.6. The average Bonchev–Trinajstić information content (AvgIpc) is 3.53. The fraction of sp³-hybridized carbons (Fsp3) is 0.0952. The highest BCUT2D eigenvalue weighted by atomic mass is 32.2. The molecule has 8 rings (SSSR count). The van der Waals surface area contributed by atoms with Gasteiger partial charge in [0.05, 0.1) is 16.8 Å². The maximum absolute atomic E-state index is 14.9. The van der Waals surface area contributed by atoms with Crippen LogP contribution in [0.2, 0.25) is 0 Å². The van der Waals surface area contributed by atoms with Gasteiger partial charge in [0.1, 0.15) is 5.69 Å². The summed E-state index contributed by atoms with van der Waals surface area (Å²) >= 11 is 6.79. The van der Waals surface area contributed by atoms with Crippen molar-refractivity contribution in [2.24, 2.45) is 0 Å². The molecule has 0 bridgehead atoms. The van der Waals surface area contributed by atoms with Gasteiger partial charge in [-0.1, -0.05) is 66.7 Å². The van der Waals surface area contributed by atoms with Crippen LogP contribution in [0.25, 0.3) is 49.8 Å². The number of carbonyl (C=O) groups is 2. The first-order valence-corrected chi connectivity index (χ1v) is 20.7. The van der Waals surface area contributed by atoms with E-state index < -0.39 is 0 Å². The summed E-state index contributed by atoms with van der Waals surface area (Å²) in [4.78, 5) is 34.2. The van der Waals surface area contributed by atoms with Crippen LogP contribution in [0.15, 0.2) is 135 Å². The minimum Gasteiger partial charge on any atom is -0.304 e. The second-order valence-electron chi connectivity index (χ2n) is 11.8. The lowest BCUT2D eigenvalue weighted by molar-refractivity contribution is 0.0976. The summed E-state index contributed by atoms with van der Waals surface area (Å²) in [6.45, 7) is 0. The van der Waals surface area contributed by atoms with Crippen molar-refractivity contribution >= 4 is 74.9 Å². The number of hydrogen-bond donors (Lipinski definition) is 0. The van der Waals surface area contributed by atoms with E-state index in [-0.39, 0.29) is 11.6 Å². The van der Waals surface area contributed by atoms with Crippen molar-refractivity contribution in [3.8, 4) is 33.5 Å². The number of nitrogens with zero attached hydrogens (tertiary/aromatic N) is 1. The highest BCUT2D eigenvalue weighted by Crippen LogP contribution is 2.49. The molecule has 1 aliphatic rings. The number of aromatic nitrogens is 1. The van der Waals surface area contributed by atoms with Crippen LogP contribution >= 0.6 is 47.0 Å². The third kappa shape index (κ3) is 5.18. The molecule has 5 aromatic carbocycles. The van der Waals surface area contributed by atoms with E-state index in [9.17, 15) is 9.59 Å². The lowest BCUT2D eigenvalue weighted by Gasteiger charge is -2.21. The molecule has 0 fully saturated rings. The van der Waals surface area contributed by atoms with Gasteiger partial charge in [-0.05, 0) is 95.6 Å². The highest BCUT2D eigenvalue weighted by molar-refractivity contribution is 7.99. The van der Waals surface area contributed by atoms with Crippen LogP contribution in [0, 0.1) is 0 Å². The van der Waals surface area contributed by atoms with Crippen LogP contribution in [-0.4, -0.2) is 41.0 Å². The topological polar surface area (TPSA) is 38.5 Å². The monoisotopic (exact) mass is 709 g/mol. The van der Waals surface area contributed by atoms with Crippen LogP contribution < -0.4 is 0 Å². The molecule has 0 spiro atoms. The molecule has 0 saturated carbocycles. The fourth-order valence-electron chi connectivity index (χ4n) is 7.04. The molecule has 0 saturated heterocycles. The van der Waals surface area contributed by atoms with Gasteiger partial charge in [-0.15, -0.1) is 47.0 Å². The summed E-state index contributed by atoms with van der Waals surface area (Å²) in [5.74, 6) is -0.265. The molecule has 7 aromatic rings. The Morgan fingerprint density at radius 2 is 0.898 bits per heavy atom. The van der Waals surface area contributed by atoms with Crippen LogP contribution in [0.1, 0.15) is 32.0 Å². The zero-order valence-electron chi connectivity index (χ0n) is 27.4. The quantitative estimate of drug-likeness (QED) is 0.153. The Balaban J connectivity index is 1.64. The zero-order chi connectivity index (χ0) is 33.8. The third-order valence-electron chi connectivity index (χ3n) is 9.36. The van der Waals surface area contributed by atoms with E-state index in [2.05, 4.69) is 120 Å². The number of rotatable bonds is 7. The second kappa shape index (κ2) is 13.0. The number of pyridine rings is 1. The highest BCUT2D eigenvalue weighted by Gasteiger charge is 2.38. The number of fused-ring (bicyclic) bond motifs is 6. The Kier molecular flexibility index (Phi) is 8.48. The van der Waals surface area contributed by atoms with E-state index in [1.165, 1.54) is 4.90 Å². The summed E-state index contributed by atoms with van der Waals surface area (Å²) in [7, 11) is 0. The van der Waals surface area contributed by atoms with Gasteiger partial charge in [0.15, 0.2) is 5.78 Å². The number of hydrogen-bond acceptors (Lipinski definition) is 6. The van der Waals surface area contributed by atoms with Crippen molar-refractivity contribution in [3.05, 3.63) is 138 Å². The van der Waals surface area contributed by atoms with E-state index in [1.54, 1.807) is 59.2 Å². The van der Waals surface area contributed by atoms with Gasteiger partial charge in [0.25, 0.3) is 0 Å². The van der Waals surface area contributed by atoms with Crippen LogP contribution in [0.4, 0.5) is 0 Å². The van der Waals surface area contributed by atoms with Gasteiger partial charge in [-0.3, -0.25) is 9.59 Å². The smallest absolute Gasteiger partial charge is 0.211 e. The SMILES string of the molecule is CSc1ccc(-c2c(-c3ccc(SC)cc3)n3c4c(c(-c5ccc(SC)cc5)c3c3ccc(SC)cc23)C(=O)c2ccccc2C4=O)cc1. The van der Waals surface area contributed by atoms with Crippen LogP contribution in [-0.2, 0) is 0 Å². The van der Waals surface area contributed by atoms with Gasteiger partial charge in [0.2, 0.25) is 5.78 Å². The van der Waals surface area contributed by atoms with Crippen molar-refractivity contribution in [2.75, 3.05) is 25.0 Å². The molecule has 0 amide bonds. The normalized spacial score (nSPS) is 12.5. The summed E-state index contributed by atoms with van der Waals surface area (Å²) in [6.07, 6.45) is 8.31. The summed E-state index contributed by atoms with van der Waals surface area (Å²) in [5.41, 5.74) is 8.31. The molecule has 0 radical (unpaired) electrons. The summed E-state index contributed by atoms with van der Waals surface area (Å²) in [5, 5.41) is 2.07. The van der Waals surface area contributed by atoms with Gasteiger partial charge in [-0.2, -0.15) is 0 Å². The molecule has 0 atom stereocenters. The van der Waals surface area contributed by atoms with Crippen molar-refractivity contribution in [1.82, 2.24) is 4.40 Å². The van der Waals surface area contributed by atoms with Crippen molar-refractivity contribution in [2.45, 2.75) is 19.6 Å². The first-order chi connectivity index (χ1) is 24.0. The standard InChI is InChI=1S/C42H31NO2S4/c1-46-27-15-9-24(10-16-27)35-34-23-30(49-4)21-22-31(34)39-36(25-11-17-28(47-2)18-12-25)37-40(42(45)33-8-6-5-7-32(33)41(37)44)43(39)38(35)26-13-19-29(48-3)20-14-26/h5-23H,1-4H3. The molecule has 0 aliphatic heterocycles. The molecule has 2 aromatic heterocycles. The Labute approximate surface area is 302 Å². The minimum atomic E-state index is -0.141. The molecule has 1 aliphatic carbocycles. The van der Waals surface area contributed by atoms with Crippen LogP contribution in [0.5, 0.6) is 0 Å². The lowest BCUT2D eigenvalue weighted by atomic mass is 9.85. The Morgan fingerprint density at radius 1 is 0.429 bits per heavy atom. The Bertz CT molecular complexity index is 2440. The molecule has 0 N–H and O–H groups in total. The number of thioether (sulfide) groups is 4. The van der Waals surface area contributed by atoms with Crippen LogP contribution in [0.3, 0.4) is 0 Å². The molecule has 49 heavy (non-hydrogen) atoms. The molecule has 0 unspecified atom stereocenters. The van der Waals surface area contributed by atoms with Crippen molar-refractivity contribution in [3.63, 3.8) is 0 Å². The maximum Gasteiger partial charge on any atom is 0.211 e. The van der Waals surface area contributed by atoms with E-state index >= 15 is 0 Å². The third-order valence-corrected chi connectivity index (χ3v) is 12.3. The molecule has 3 nitrogen and oxygen atoms in total. The molecule has 240 valence electrons. The summed E-state index contributed by atoms with van der Waals surface area (Å²) in [6, 6.07) is 39.4. The van der Waals surface area contributed by atoms with E-state index in [1.807, 2.05) is 12.1 Å². The van der Waals surface area contributed by atoms with Gasteiger partial charge in [-0.25, -0.2) is 0 Å².